The maximum Gasteiger partial charge on any atom is 0.305 e. The number of amides is 1. The zero-order valence-corrected chi connectivity index (χ0v) is 50.8. The molecule has 0 rings (SSSR count). The van der Waals surface area contributed by atoms with E-state index in [0.29, 0.717) is 25.9 Å². The fourth-order valence-corrected chi connectivity index (χ4v) is 10.8. The number of carbonyl (C=O) groups is 2. The van der Waals surface area contributed by atoms with Crippen LogP contribution in [0.15, 0.2) is 24.3 Å². The molecular formula is C69H133NO5. The first-order valence-electron chi connectivity index (χ1n) is 34.1. The predicted octanol–water partition coefficient (Wildman–Crippen LogP) is 21.8. The molecule has 444 valence electrons. The zero-order valence-electron chi connectivity index (χ0n) is 50.8. The van der Waals surface area contributed by atoms with Crippen LogP contribution in [-0.4, -0.2) is 47.4 Å². The number of rotatable bonds is 64. The molecule has 0 aromatic rings. The van der Waals surface area contributed by atoms with E-state index in [1.165, 1.54) is 302 Å². The second-order valence-corrected chi connectivity index (χ2v) is 23.5. The van der Waals surface area contributed by atoms with Crippen LogP contribution in [0.25, 0.3) is 0 Å². The summed E-state index contributed by atoms with van der Waals surface area (Å²) in [5, 5.41) is 23.4. The largest absolute Gasteiger partial charge is 0.466 e. The van der Waals surface area contributed by atoms with Gasteiger partial charge in [-0.05, 0) is 57.8 Å². The standard InChI is InChI=1S/C69H133NO5/c1-3-5-7-9-11-13-15-16-17-18-19-20-26-29-32-35-38-42-45-49-53-57-61-67(72)66(65-71)70-68(73)62-58-54-50-46-43-39-36-33-30-27-24-22-21-23-25-28-31-34-37-40-44-48-52-56-60-64-75-69(74)63-59-55-51-47-41-14-12-10-8-6-4-2/h22-25,66-67,71-72H,3-21,26-65H2,1-2H3,(H,70,73)/b24-22-,25-23-. The first-order valence-corrected chi connectivity index (χ1v) is 34.1. The molecule has 0 aromatic heterocycles. The first-order chi connectivity index (χ1) is 37.0. The van der Waals surface area contributed by atoms with Crippen LogP contribution in [-0.2, 0) is 14.3 Å². The second kappa shape index (κ2) is 64.9. The summed E-state index contributed by atoms with van der Waals surface area (Å²) in [5.74, 6) is -0.0275. The Kier molecular flexibility index (Phi) is 63.4. The molecule has 0 saturated carbocycles. The molecule has 2 atom stereocenters. The number of carbonyl (C=O) groups excluding carboxylic acids is 2. The van der Waals surface area contributed by atoms with E-state index in [1.807, 2.05) is 0 Å². The van der Waals surface area contributed by atoms with Gasteiger partial charge in [-0.25, -0.2) is 0 Å². The second-order valence-electron chi connectivity index (χ2n) is 23.5. The molecule has 0 aliphatic heterocycles. The SMILES string of the molecule is CCCCCCCCCCCCCCCCCCCCCCCCC(O)C(CO)NC(=O)CCCCCCCCCCC/C=C\C/C=C\CCCCCCCCCCCOC(=O)CCCCCCCCCCCCC. The van der Waals surface area contributed by atoms with Crippen LogP contribution in [0.2, 0.25) is 0 Å². The van der Waals surface area contributed by atoms with Gasteiger partial charge in [0.15, 0.2) is 0 Å². The van der Waals surface area contributed by atoms with Gasteiger partial charge in [0.05, 0.1) is 25.4 Å². The Bertz CT molecular complexity index is 1170. The van der Waals surface area contributed by atoms with Crippen LogP contribution >= 0.6 is 0 Å². The Morgan fingerprint density at radius 2 is 0.667 bits per heavy atom. The lowest BCUT2D eigenvalue weighted by molar-refractivity contribution is -0.143. The smallest absolute Gasteiger partial charge is 0.305 e. The van der Waals surface area contributed by atoms with Crippen molar-refractivity contribution in [1.82, 2.24) is 5.32 Å². The van der Waals surface area contributed by atoms with Gasteiger partial charge in [0.2, 0.25) is 5.91 Å². The lowest BCUT2D eigenvalue weighted by Crippen LogP contribution is -2.45. The van der Waals surface area contributed by atoms with Crippen LogP contribution in [0.5, 0.6) is 0 Å². The Balaban J connectivity index is 3.43. The molecule has 6 nitrogen and oxygen atoms in total. The normalized spacial score (nSPS) is 12.6. The Morgan fingerprint density at radius 3 is 1.01 bits per heavy atom. The molecule has 0 radical (unpaired) electrons. The molecule has 3 N–H and O–H groups in total. The molecule has 0 fully saturated rings. The van der Waals surface area contributed by atoms with Crippen molar-refractivity contribution in [2.45, 2.75) is 392 Å². The molecule has 0 aliphatic carbocycles. The summed E-state index contributed by atoms with van der Waals surface area (Å²) in [7, 11) is 0. The number of allylic oxidation sites excluding steroid dienone is 4. The van der Waals surface area contributed by atoms with Gasteiger partial charge in [0.25, 0.3) is 0 Å². The summed E-state index contributed by atoms with van der Waals surface area (Å²) in [4.78, 5) is 24.5. The molecule has 1 amide bonds. The highest BCUT2D eigenvalue weighted by atomic mass is 16.5. The van der Waals surface area contributed by atoms with Gasteiger partial charge >= 0.3 is 5.97 Å². The van der Waals surface area contributed by atoms with E-state index in [1.54, 1.807) is 0 Å². The number of ether oxygens (including phenoxy) is 1. The predicted molar refractivity (Wildman–Crippen MR) is 329 cm³/mol. The van der Waals surface area contributed by atoms with Crippen LogP contribution in [0.4, 0.5) is 0 Å². The van der Waals surface area contributed by atoms with Gasteiger partial charge in [0, 0.05) is 12.8 Å². The van der Waals surface area contributed by atoms with E-state index in [9.17, 15) is 19.8 Å². The summed E-state index contributed by atoms with van der Waals surface area (Å²) in [6.45, 7) is 4.98. The number of nitrogens with one attached hydrogen (secondary N) is 1. The third-order valence-electron chi connectivity index (χ3n) is 16.0. The number of hydrogen-bond acceptors (Lipinski definition) is 5. The number of aliphatic hydroxyl groups is 2. The third kappa shape index (κ3) is 61.4. The van der Waals surface area contributed by atoms with Gasteiger partial charge in [-0.15, -0.1) is 0 Å². The molecule has 0 aliphatic rings. The van der Waals surface area contributed by atoms with Gasteiger partial charge in [0.1, 0.15) is 0 Å². The summed E-state index contributed by atoms with van der Waals surface area (Å²) < 4.78 is 5.47. The van der Waals surface area contributed by atoms with Crippen molar-refractivity contribution < 1.29 is 24.5 Å². The molecule has 0 saturated heterocycles. The summed E-state index contributed by atoms with van der Waals surface area (Å²) in [6.07, 6.45) is 80.7. The van der Waals surface area contributed by atoms with Crippen LogP contribution in [0.3, 0.4) is 0 Å². The molecule has 6 heteroatoms. The maximum atomic E-state index is 12.5. The average molecular weight is 1060 g/mol. The van der Waals surface area contributed by atoms with E-state index < -0.39 is 12.1 Å². The van der Waals surface area contributed by atoms with E-state index in [0.717, 1.165) is 44.9 Å². The number of esters is 1. The van der Waals surface area contributed by atoms with Crippen LogP contribution in [0.1, 0.15) is 380 Å². The molecule has 0 heterocycles. The molecule has 0 aromatic carbocycles. The van der Waals surface area contributed by atoms with Crippen molar-refractivity contribution in [3.63, 3.8) is 0 Å². The number of unbranched alkanes of at least 4 members (excludes halogenated alkanes) is 49. The molecular weight excluding hydrogens is 923 g/mol. The van der Waals surface area contributed by atoms with Crippen molar-refractivity contribution in [1.29, 1.82) is 0 Å². The Morgan fingerprint density at radius 1 is 0.373 bits per heavy atom. The monoisotopic (exact) mass is 1060 g/mol. The minimum atomic E-state index is -0.669. The average Bonchev–Trinajstić information content (AvgIpc) is 3.41. The van der Waals surface area contributed by atoms with Crippen LogP contribution in [0, 0.1) is 0 Å². The molecule has 75 heavy (non-hydrogen) atoms. The first kappa shape index (κ1) is 73.3. The van der Waals surface area contributed by atoms with E-state index >= 15 is 0 Å². The molecule has 0 spiro atoms. The highest BCUT2D eigenvalue weighted by molar-refractivity contribution is 5.76. The lowest BCUT2D eigenvalue weighted by atomic mass is 10.0. The third-order valence-corrected chi connectivity index (χ3v) is 16.0. The Labute approximate surface area is 469 Å². The number of aliphatic hydroxyl groups excluding tert-OH is 2. The lowest BCUT2D eigenvalue weighted by Gasteiger charge is -2.22. The highest BCUT2D eigenvalue weighted by Gasteiger charge is 2.20. The van der Waals surface area contributed by atoms with Crippen molar-refractivity contribution in [2.24, 2.45) is 0 Å². The quantitative estimate of drug-likeness (QED) is 0.0320. The van der Waals surface area contributed by atoms with Gasteiger partial charge < -0.3 is 20.3 Å². The van der Waals surface area contributed by atoms with Crippen molar-refractivity contribution >= 4 is 11.9 Å². The maximum absolute atomic E-state index is 12.5. The van der Waals surface area contributed by atoms with E-state index in [4.69, 9.17) is 4.74 Å². The fraction of sp³-hybridized carbons (Fsp3) is 0.913. The van der Waals surface area contributed by atoms with Crippen LogP contribution < -0.4 is 5.32 Å². The topological polar surface area (TPSA) is 95.9 Å². The summed E-state index contributed by atoms with van der Waals surface area (Å²) >= 11 is 0. The zero-order chi connectivity index (χ0) is 54.3. The van der Waals surface area contributed by atoms with Crippen molar-refractivity contribution in [3.8, 4) is 0 Å². The molecule has 2 unspecified atom stereocenters. The van der Waals surface area contributed by atoms with E-state index in [2.05, 4.69) is 43.5 Å². The van der Waals surface area contributed by atoms with E-state index in [-0.39, 0.29) is 18.5 Å². The van der Waals surface area contributed by atoms with Gasteiger partial charge in [-0.2, -0.15) is 0 Å². The minimum absolute atomic E-state index is 0.00937. The minimum Gasteiger partial charge on any atom is -0.466 e. The van der Waals surface area contributed by atoms with Gasteiger partial charge in [-0.3, -0.25) is 9.59 Å². The number of hydrogen-bond donors (Lipinski definition) is 3. The summed E-state index contributed by atoms with van der Waals surface area (Å²) in [5.41, 5.74) is 0. The summed E-state index contributed by atoms with van der Waals surface area (Å²) in [6, 6.07) is -0.547. The fourth-order valence-electron chi connectivity index (χ4n) is 10.8. The highest BCUT2D eigenvalue weighted by Crippen LogP contribution is 2.18. The molecule has 0 bridgehead atoms. The van der Waals surface area contributed by atoms with Crippen molar-refractivity contribution in [2.75, 3.05) is 13.2 Å². The van der Waals surface area contributed by atoms with Gasteiger partial charge in [-0.1, -0.05) is 334 Å². The Hall–Kier alpha value is -1.66. The van der Waals surface area contributed by atoms with Crippen molar-refractivity contribution in [3.05, 3.63) is 24.3 Å².